The van der Waals surface area contributed by atoms with Crippen LogP contribution in [0.15, 0.2) is 52.8 Å². The number of ether oxygens (including phenoxy) is 2. The molecule has 0 saturated carbocycles. The van der Waals surface area contributed by atoms with E-state index in [0.29, 0.717) is 30.5 Å². The molecule has 4 aromatic rings. The first-order valence-electron chi connectivity index (χ1n) is 16.2. The van der Waals surface area contributed by atoms with E-state index in [2.05, 4.69) is 35.0 Å². The van der Waals surface area contributed by atoms with Gasteiger partial charge >= 0.3 is 0 Å². The molecule has 3 aliphatic heterocycles. The molecule has 0 radical (unpaired) electrons. The number of imide groups is 1. The summed E-state index contributed by atoms with van der Waals surface area (Å²) in [6.45, 7) is 6.91. The average molecular weight is 670 g/mol. The van der Waals surface area contributed by atoms with Crippen molar-refractivity contribution >= 4 is 44.8 Å². The zero-order valence-electron chi connectivity index (χ0n) is 27.7. The third kappa shape index (κ3) is 5.42. The number of fused-ring (bicyclic) bond motifs is 2. The van der Waals surface area contributed by atoms with Gasteiger partial charge in [-0.05, 0) is 67.1 Å². The normalized spacial score (nSPS) is 21.5. The van der Waals surface area contributed by atoms with Crippen LogP contribution in [0.2, 0.25) is 0 Å². The Morgan fingerprint density at radius 2 is 1.65 bits per heavy atom. The van der Waals surface area contributed by atoms with Gasteiger partial charge in [-0.3, -0.25) is 29.4 Å². The minimum Gasteiger partial charge on any atom is -0.496 e. The number of nitrogens with zero attached hydrogens (tertiary/aromatic N) is 4. The van der Waals surface area contributed by atoms with Gasteiger partial charge in [-0.1, -0.05) is 6.07 Å². The Hall–Kier alpha value is -4.68. The monoisotopic (exact) mass is 669 g/mol. The quantitative estimate of drug-likeness (QED) is 0.292. The number of piperidine rings is 1. The highest BCUT2D eigenvalue weighted by molar-refractivity contribution is 7.17. The van der Waals surface area contributed by atoms with Gasteiger partial charge < -0.3 is 23.8 Å². The average Bonchev–Trinajstić information content (AvgIpc) is 3.69. The molecule has 2 aromatic carbocycles. The molecule has 250 valence electrons. The van der Waals surface area contributed by atoms with Gasteiger partial charge in [-0.2, -0.15) is 0 Å². The van der Waals surface area contributed by atoms with Crippen LogP contribution in [0.4, 0.5) is 5.69 Å². The zero-order chi connectivity index (χ0) is 33.9. The Labute approximate surface area is 282 Å². The molecular weight excluding hydrogens is 630 g/mol. The van der Waals surface area contributed by atoms with Gasteiger partial charge in [0.25, 0.3) is 11.5 Å². The van der Waals surface area contributed by atoms with Gasteiger partial charge in [0.2, 0.25) is 11.8 Å². The molecule has 3 amide bonds. The van der Waals surface area contributed by atoms with E-state index in [9.17, 15) is 19.2 Å². The summed E-state index contributed by atoms with van der Waals surface area (Å²) >= 11 is 1.55. The zero-order valence-corrected chi connectivity index (χ0v) is 28.6. The van der Waals surface area contributed by atoms with E-state index in [-0.39, 0.29) is 35.9 Å². The summed E-state index contributed by atoms with van der Waals surface area (Å²) in [7, 11) is 5.11. The van der Waals surface area contributed by atoms with Crippen molar-refractivity contribution in [1.82, 2.24) is 19.7 Å². The van der Waals surface area contributed by atoms with Gasteiger partial charge in [-0.15, -0.1) is 11.3 Å². The van der Waals surface area contributed by atoms with E-state index >= 15 is 0 Å². The molecule has 12 heteroatoms. The summed E-state index contributed by atoms with van der Waals surface area (Å²) in [5.74, 6) is 0.590. The lowest BCUT2D eigenvalue weighted by molar-refractivity contribution is -0.136. The topological polar surface area (TPSA) is 113 Å². The minimum atomic E-state index is -0.629. The Balaban J connectivity index is 1.11. The molecule has 11 nitrogen and oxygen atoms in total. The number of thiophene rings is 1. The summed E-state index contributed by atoms with van der Waals surface area (Å²) in [6, 6.07) is 11.6. The third-order valence-electron chi connectivity index (χ3n) is 10.0. The van der Waals surface area contributed by atoms with Gasteiger partial charge in [0.1, 0.15) is 17.5 Å². The van der Waals surface area contributed by atoms with E-state index < -0.39 is 11.9 Å². The fourth-order valence-electron chi connectivity index (χ4n) is 7.49. The maximum Gasteiger partial charge on any atom is 0.259 e. The molecule has 2 fully saturated rings. The summed E-state index contributed by atoms with van der Waals surface area (Å²) in [4.78, 5) is 56.7. The Morgan fingerprint density at radius 1 is 0.938 bits per heavy atom. The lowest BCUT2D eigenvalue weighted by atomic mass is 10.00. The minimum absolute atomic E-state index is 0.0200. The molecule has 0 spiro atoms. The number of hydrogen-bond donors (Lipinski definition) is 1. The number of piperazine rings is 1. The van der Waals surface area contributed by atoms with Crippen molar-refractivity contribution < 1.29 is 23.9 Å². The van der Waals surface area contributed by atoms with Crippen LogP contribution in [-0.4, -0.2) is 77.5 Å². The number of rotatable bonds is 7. The SMILES string of the molecule is COc1cc(-c2cn(C)c(=O)c3ccsc23)cc(OC)c1CN1[C@H](C)CN(c2ccc3c(c2)C(=O)N(C2CCC(=O)NC2=O)C3)C[C@H]1C. The molecular formula is C36H39N5O6S. The van der Waals surface area contributed by atoms with E-state index in [1.807, 2.05) is 41.9 Å². The second-order valence-corrected chi connectivity index (χ2v) is 13.9. The number of amides is 3. The maximum atomic E-state index is 13.5. The number of aromatic nitrogens is 1. The van der Waals surface area contributed by atoms with Crippen molar-refractivity contribution in [2.24, 2.45) is 7.05 Å². The summed E-state index contributed by atoms with van der Waals surface area (Å²) < 4.78 is 14.5. The number of nitrogens with one attached hydrogen (secondary N) is 1. The molecule has 2 saturated heterocycles. The highest BCUT2D eigenvalue weighted by Gasteiger charge is 2.40. The fourth-order valence-corrected chi connectivity index (χ4v) is 8.41. The Kier molecular flexibility index (Phi) is 8.24. The largest absolute Gasteiger partial charge is 0.496 e. The van der Waals surface area contributed by atoms with Crippen molar-refractivity contribution in [3.63, 3.8) is 0 Å². The maximum absolute atomic E-state index is 13.5. The fraction of sp³-hybridized carbons (Fsp3) is 0.389. The number of pyridine rings is 1. The van der Waals surface area contributed by atoms with Crippen molar-refractivity contribution in [2.45, 2.75) is 57.9 Å². The van der Waals surface area contributed by atoms with E-state index in [1.165, 1.54) is 0 Å². The summed E-state index contributed by atoms with van der Waals surface area (Å²) in [5.41, 5.74) is 5.30. The molecule has 1 N–H and O–H groups in total. The van der Waals surface area contributed by atoms with Crippen LogP contribution in [0.25, 0.3) is 21.2 Å². The van der Waals surface area contributed by atoms with Crippen LogP contribution in [0.3, 0.4) is 0 Å². The van der Waals surface area contributed by atoms with E-state index in [1.54, 1.807) is 42.1 Å². The first-order valence-corrected chi connectivity index (χ1v) is 17.1. The van der Waals surface area contributed by atoms with Gasteiger partial charge in [0.15, 0.2) is 0 Å². The third-order valence-corrected chi connectivity index (χ3v) is 11.0. The predicted octanol–water partition coefficient (Wildman–Crippen LogP) is 4.14. The predicted molar refractivity (Wildman–Crippen MR) is 185 cm³/mol. The number of anilines is 1. The second-order valence-electron chi connectivity index (χ2n) is 13.0. The number of carbonyl (C=O) groups is 3. The molecule has 0 bridgehead atoms. The number of carbonyl (C=O) groups excluding carboxylic acids is 3. The van der Waals surface area contributed by atoms with Gasteiger partial charge in [0, 0.05) is 79.4 Å². The smallest absolute Gasteiger partial charge is 0.259 e. The molecule has 5 heterocycles. The highest BCUT2D eigenvalue weighted by Crippen LogP contribution is 2.40. The number of hydrogen-bond acceptors (Lipinski definition) is 9. The van der Waals surface area contributed by atoms with Crippen LogP contribution in [0.5, 0.6) is 11.5 Å². The van der Waals surface area contributed by atoms with Crippen LogP contribution in [-0.2, 0) is 29.7 Å². The van der Waals surface area contributed by atoms with E-state index in [0.717, 1.165) is 57.2 Å². The standard InChI is InChI=1S/C36H39N5O6S/c1-20-15-39(24-7-6-22-17-41(36(45)26(22)14-24)29-8-9-32(42)37-34(29)43)16-21(2)40(20)19-28-30(46-4)12-23(13-31(28)47-5)27-18-38(3)35(44)25-10-11-48-33(25)27/h6-7,10-14,18,20-21,29H,8-9,15-17,19H2,1-5H3,(H,37,42,43)/t20-,21-,29?/m1/s1. The lowest BCUT2D eigenvalue weighted by Gasteiger charge is -2.45. The van der Waals surface area contributed by atoms with Crippen molar-refractivity contribution in [3.05, 3.63) is 75.0 Å². The first kappa shape index (κ1) is 31.9. The molecule has 3 atom stereocenters. The van der Waals surface area contributed by atoms with Crippen LogP contribution in [0.1, 0.15) is 48.2 Å². The molecule has 0 aliphatic carbocycles. The summed E-state index contributed by atoms with van der Waals surface area (Å²) in [5, 5.41) is 5.01. The van der Waals surface area contributed by atoms with Crippen LogP contribution >= 0.6 is 11.3 Å². The first-order chi connectivity index (χ1) is 23.1. The molecule has 7 rings (SSSR count). The molecule has 3 aliphatic rings. The van der Waals surface area contributed by atoms with E-state index in [4.69, 9.17) is 9.47 Å². The second kappa shape index (κ2) is 12.4. The molecule has 2 aromatic heterocycles. The molecule has 1 unspecified atom stereocenters. The van der Waals surface area contributed by atoms with Crippen molar-refractivity contribution in [2.75, 3.05) is 32.2 Å². The highest BCUT2D eigenvalue weighted by atomic mass is 32.1. The Bertz CT molecular complexity index is 1980. The van der Waals surface area contributed by atoms with Crippen molar-refractivity contribution in [1.29, 1.82) is 0 Å². The van der Waals surface area contributed by atoms with Crippen molar-refractivity contribution in [3.8, 4) is 22.6 Å². The van der Waals surface area contributed by atoms with Crippen LogP contribution in [0, 0.1) is 0 Å². The summed E-state index contributed by atoms with van der Waals surface area (Å²) in [6.07, 6.45) is 2.45. The number of methoxy groups -OCH3 is 2. The lowest BCUT2D eigenvalue weighted by Crippen LogP contribution is -2.56. The molecule has 48 heavy (non-hydrogen) atoms. The van der Waals surface area contributed by atoms with Gasteiger partial charge in [0.05, 0.1) is 25.2 Å². The Morgan fingerprint density at radius 3 is 2.31 bits per heavy atom. The van der Waals surface area contributed by atoms with Crippen LogP contribution < -0.4 is 25.2 Å². The number of aryl methyl sites for hydroxylation is 1. The van der Waals surface area contributed by atoms with Gasteiger partial charge in [-0.25, -0.2) is 0 Å². The number of benzene rings is 2.